The van der Waals surface area contributed by atoms with Gasteiger partial charge >= 0.3 is 0 Å². The van der Waals surface area contributed by atoms with Gasteiger partial charge in [-0.3, -0.25) is 0 Å². The molecule has 2 N–H and O–H groups in total. The van der Waals surface area contributed by atoms with Gasteiger partial charge in [0.15, 0.2) is 0 Å². The van der Waals surface area contributed by atoms with E-state index in [1.165, 1.54) is 0 Å². The van der Waals surface area contributed by atoms with Crippen LogP contribution in [0.5, 0.6) is 0 Å². The van der Waals surface area contributed by atoms with Crippen molar-refractivity contribution in [2.75, 3.05) is 12.0 Å². The van der Waals surface area contributed by atoms with Gasteiger partial charge < -0.3 is 5.73 Å². The molecule has 1 aromatic rings. The number of hydrogen-bond donors (Lipinski definition) is 1. The Kier molecular flexibility index (Phi) is 2.70. The van der Waals surface area contributed by atoms with Crippen LogP contribution in [0.2, 0.25) is 0 Å². The summed E-state index contributed by atoms with van der Waals surface area (Å²) in [6.45, 7) is 1.83. The van der Waals surface area contributed by atoms with Crippen LogP contribution < -0.4 is 5.73 Å². The molecule has 11 heavy (non-hydrogen) atoms. The summed E-state index contributed by atoms with van der Waals surface area (Å²) in [5.41, 5.74) is 6.66. The average molecular weight is 169 g/mol. The lowest BCUT2D eigenvalue weighted by atomic mass is 10.3. The largest absolute Gasteiger partial charge is 0.383 e. The molecule has 1 aromatic heterocycles. The number of hydrogen-bond acceptors (Lipinski definition) is 4. The van der Waals surface area contributed by atoms with Gasteiger partial charge in [-0.15, -0.1) is 0 Å². The molecule has 0 saturated carbocycles. The zero-order chi connectivity index (χ0) is 8.27. The summed E-state index contributed by atoms with van der Waals surface area (Å²) in [4.78, 5) is 8.10. The first kappa shape index (κ1) is 8.33. The van der Waals surface area contributed by atoms with E-state index in [1.54, 1.807) is 18.0 Å². The summed E-state index contributed by atoms with van der Waals surface area (Å²) in [6, 6.07) is 0. The van der Waals surface area contributed by atoms with Gasteiger partial charge in [0.2, 0.25) is 0 Å². The molecule has 0 bridgehead atoms. The van der Waals surface area contributed by atoms with Crippen LogP contribution in [-0.2, 0) is 5.75 Å². The second-order valence-electron chi connectivity index (χ2n) is 2.26. The molecule has 0 unspecified atom stereocenters. The Hall–Kier alpha value is -0.770. The monoisotopic (exact) mass is 169 g/mol. The number of rotatable bonds is 2. The van der Waals surface area contributed by atoms with Crippen LogP contribution >= 0.6 is 11.8 Å². The predicted molar refractivity (Wildman–Crippen MR) is 48.4 cm³/mol. The van der Waals surface area contributed by atoms with Gasteiger partial charge in [0.05, 0.1) is 0 Å². The highest BCUT2D eigenvalue weighted by Crippen LogP contribution is 2.13. The first-order chi connectivity index (χ1) is 5.24. The van der Waals surface area contributed by atoms with Crippen molar-refractivity contribution in [1.82, 2.24) is 9.97 Å². The summed E-state index contributed by atoms with van der Waals surface area (Å²) < 4.78 is 0. The van der Waals surface area contributed by atoms with E-state index in [2.05, 4.69) is 9.97 Å². The number of anilines is 1. The Morgan fingerprint density at radius 2 is 2.36 bits per heavy atom. The molecule has 0 spiro atoms. The quantitative estimate of drug-likeness (QED) is 0.723. The average Bonchev–Trinajstić information content (AvgIpc) is 1.95. The van der Waals surface area contributed by atoms with E-state index in [9.17, 15) is 0 Å². The van der Waals surface area contributed by atoms with Crippen molar-refractivity contribution in [2.45, 2.75) is 12.7 Å². The van der Waals surface area contributed by atoms with E-state index < -0.39 is 0 Å². The molecule has 4 heteroatoms. The van der Waals surface area contributed by atoms with Gasteiger partial charge in [-0.1, -0.05) is 0 Å². The second kappa shape index (κ2) is 3.57. The highest BCUT2D eigenvalue weighted by atomic mass is 32.2. The maximum absolute atomic E-state index is 5.64. The minimum atomic E-state index is 0.604. The Morgan fingerprint density at radius 3 is 2.91 bits per heavy atom. The highest BCUT2D eigenvalue weighted by Gasteiger charge is 1.99. The molecule has 0 radical (unpaired) electrons. The lowest BCUT2D eigenvalue weighted by molar-refractivity contribution is 1.04. The van der Waals surface area contributed by atoms with Gasteiger partial charge in [0.25, 0.3) is 0 Å². The normalized spacial score (nSPS) is 10.0. The maximum atomic E-state index is 5.64. The van der Waals surface area contributed by atoms with E-state index in [4.69, 9.17) is 5.73 Å². The van der Waals surface area contributed by atoms with Crippen molar-refractivity contribution < 1.29 is 0 Å². The third-order valence-electron chi connectivity index (χ3n) is 1.32. The summed E-state index contributed by atoms with van der Waals surface area (Å²) >= 11 is 1.71. The number of nitrogen functional groups attached to an aromatic ring is 1. The minimum Gasteiger partial charge on any atom is -0.383 e. The smallest absolute Gasteiger partial charge is 0.131 e. The molecule has 0 fully saturated rings. The lowest BCUT2D eigenvalue weighted by Gasteiger charge is -2.01. The molecule has 1 heterocycles. The molecule has 0 aromatic carbocycles. The second-order valence-corrected chi connectivity index (χ2v) is 3.13. The first-order valence-electron chi connectivity index (χ1n) is 3.31. The van der Waals surface area contributed by atoms with E-state index >= 15 is 0 Å². The Morgan fingerprint density at radius 1 is 1.64 bits per heavy atom. The van der Waals surface area contributed by atoms with Crippen LogP contribution in [0.1, 0.15) is 11.4 Å². The minimum absolute atomic E-state index is 0.604. The fraction of sp³-hybridized carbons (Fsp3) is 0.429. The van der Waals surface area contributed by atoms with Crippen LogP contribution in [0.3, 0.4) is 0 Å². The summed E-state index contributed by atoms with van der Waals surface area (Å²) in [5.74, 6) is 2.21. The topological polar surface area (TPSA) is 51.8 Å². The molecular weight excluding hydrogens is 158 g/mol. The van der Waals surface area contributed by atoms with Crippen molar-refractivity contribution >= 4 is 17.6 Å². The van der Waals surface area contributed by atoms with Crippen LogP contribution in [-0.4, -0.2) is 16.2 Å². The van der Waals surface area contributed by atoms with Crippen molar-refractivity contribution in [3.05, 3.63) is 17.6 Å². The molecule has 0 aliphatic heterocycles. The van der Waals surface area contributed by atoms with E-state index in [1.807, 2.05) is 13.2 Å². The molecular formula is C7H11N3S. The summed E-state index contributed by atoms with van der Waals surface area (Å²) in [5, 5.41) is 0. The van der Waals surface area contributed by atoms with Gasteiger partial charge in [-0.2, -0.15) is 11.8 Å². The molecule has 60 valence electrons. The lowest BCUT2D eigenvalue weighted by Crippen LogP contribution is -1.99. The molecule has 0 saturated heterocycles. The maximum Gasteiger partial charge on any atom is 0.131 e. The van der Waals surface area contributed by atoms with Crippen LogP contribution in [0.4, 0.5) is 5.82 Å². The third kappa shape index (κ3) is 2.08. The summed E-state index contributed by atoms with van der Waals surface area (Å²) in [7, 11) is 0. The fourth-order valence-corrected chi connectivity index (χ4v) is 1.31. The van der Waals surface area contributed by atoms with Crippen molar-refractivity contribution in [3.63, 3.8) is 0 Å². The number of nitrogens with two attached hydrogens (primary N) is 1. The molecule has 0 atom stereocenters. The van der Waals surface area contributed by atoms with Crippen LogP contribution in [0.25, 0.3) is 0 Å². The van der Waals surface area contributed by atoms with Crippen molar-refractivity contribution in [3.8, 4) is 0 Å². The Balaban J connectivity index is 2.90. The third-order valence-corrected chi connectivity index (χ3v) is 1.92. The highest BCUT2D eigenvalue weighted by molar-refractivity contribution is 7.97. The van der Waals surface area contributed by atoms with Crippen molar-refractivity contribution in [2.24, 2.45) is 0 Å². The molecule has 0 aliphatic carbocycles. The zero-order valence-corrected chi connectivity index (χ0v) is 7.48. The Bertz CT molecular complexity index is 249. The standard InChI is InChI=1S/C7H11N3S/c1-5-9-3-6(4-11-2)7(8)10-5/h3H,4H2,1-2H3,(H2,8,9,10). The predicted octanol–water partition coefficient (Wildman–Crippen LogP) is 1.23. The van der Waals surface area contributed by atoms with Gasteiger partial charge in [-0.25, -0.2) is 9.97 Å². The van der Waals surface area contributed by atoms with Gasteiger partial charge in [0.1, 0.15) is 11.6 Å². The van der Waals surface area contributed by atoms with E-state index in [-0.39, 0.29) is 0 Å². The molecule has 3 nitrogen and oxygen atoms in total. The van der Waals surface area contributed by atoms with Gasteiger partial charge in [-0.05, 0) is 13.2 Å². The van der Waals surface area contributed by atoms with Crippen molar-refractivity contribution in [1.29, 1.82) is 0 Å². The van der Waals surface area contributed by atoms with Crippen LogP contribution in [0, 0.1) is 6.92 Å². The van der Waals surface area contributed by atoms with Crippen LogP contribution in [0.15, 0.2) is 6.20 Å². The van der Waals surface area contributed by atoms with Gasteiger partial charge in [0, 0.05) is 17.5 Å². The fourth-order valence-electron chi connectivity index (χ4n) is 0.779. The molecule has 1 rings (SSSR count). The number of thioether (sulfide) groups is 1. The summed E-state index contributed by atoms with van der Waals surface area (Å²) in [6.07, 6.45) is 3.81. The Labute approximate surface area is 70.4 Å². The molecule has 0 amide bonds. The zero-order valence-electron chi connectivity index (χ0n) is 6.66. The number of aryl methyl sites for hydroxylation is 1. The SMILES string of the molecule is CSCc1cnc(C)nc1N. The van der Waals surface area contributed by atoms with E-state index in [0.29, 0.717) is 5.82 Å². The molecule has 0 aliphatic rings. The first-order valence-corrected chi connectivity index (χ1v) is 4.70. The number of aromatic nitrogens is 2. The van der Waals surface area contributed by atoms with E-state index in [0.717, 1.165) is 17.1 Å². The number of nitrogens with zero attached hydrogens (tertiary/aromatic N) is 2.